The van der Waals surface area contributed by atoms with Crippen LogP contribution >= 0.6 is 0 Å². The molecule has 0 unspecified atom stereocenters. The molecule has 70 valence electrons. The highest BCUT2D eigenvalue weighted by Crippen LogP contribution is 2.49. The monoisotopic (exact) mass is 176 g/mol. The van der Waals surface area contributed by atoms with Crippen molar-refractivity contribution >= 4 is 5.78 Å². The first-order valence-corrected chi connectivity index (χ1v) is 5.01. The van der Waals surface area contributed by atoms with Crippen LogP contribution in [0.25, 0.3) is 0 Å². The van der Waals surface area contributed by atoms with E-state index in [2.05, 4.69) is 19.6 Å². The Morgan fingerprint density at radius 3 is 2.85 bits per heavy atom. The molecule has 0 aliphatic heterocycles. The summed E-state index contributed by atoms with van der Waals surface area (Å²) >= 11 is 0. The van der Waals surface area contributed by atoms with Gasteiger partial charge in [-0.05, 0) is 36.7 Å². The first kappa shape index (κ1) is 8.74. The molecule has 0 aromatic carbocycles. The van der Waals surface area contributed by atoms with Gasteiger partial charge in [-0.25, -0.2) is 0 Å². The van der Waals surface area contributed by atoms with Gasteiger partial charge in [0.1, 0.15) is 0 Å². The van der Waals surface area contributed by atoms with Crippen LogP contribution < -0.4 is 0 Å². The van der Waals surface area contributed by atoms with E-state index in [0.717, 1.165) is 19.3 Å². The molecule has 2 atom stereocenters. The standard InChI is InChI=1S/C12H16O/c1-9-7-12(8-10(9)2)5-3-11(13)4-6-12/h3,5,10H,1,4,6-8H2,2H3/t10-,12-/m1/s1. The van der Waals surface area contributed by atoms with E-state index in [0.29, 0.717) is 11.3 Å². The van der Waals surface area contributed by atoms with Gasteiger partial charge in [-0.1, -0.05) is 25.2 Å². The van der Waals surface area contributed by atoms with Crippen molar-refractivity contribution in [2.24, 2.45) is 11.3 Å². The van der Waals surface area contributed by atoms with Gasteiger partial charge in [-0.15, -0.1) is 0 Å². The third-order valence-electron chi connectivity index (χ3n) is 3.48. The van der Waals surface area contributed by atoms with Crippen molar-refractivity contribution in [1.82, 2.24) is 0 Å². The van der Waals surface area contributed by atoms with Crippen molar-refractivity contribution in [1.29, 1.82) is 0 Å². The lowest BCUT2D eigenvalue weighted by molar-refractivity contribution is -0.115. The Hall–Kier alpha value is -0.850. The lowest BCUT2D eigenvalue weighted by atomic mass is 9.77. The number of hydrogen-bond acceptors (Lipinski definition) is 1. The van der Waals surface area contributed by atoms with Gasteiger partial charge in [-0.3, -0.25) is 4.79 Å². The molecule has 2 aliphatic carbocycles. The topological polar surface area (TPSA) is 17.1 Å². The second-order valence-electron chi connectivity index (χ2n) is 4.60. The van der Waals surface area contributed by atoms with Crippen molar-refractivity contribution in [3.63, 3.8) is 0 Å². The Morgan fingerprint density at radius 2 is 2.38 bits per heavy atom. The number of carbonyl (C=O) groups excluding carboxylic acids is 1. The Labute approximate surface area is 79.5 Å². The minimum absolute atomic E-state index is 0.288. The van der Waals surface area contributed by atoms with Crippen LogP contribution in [0.3, 0.4) is 0 Å². The molecular weight excluding hydrogens is 160 g/mol. The van der Waals surface area contributed by atoms with E-state index < -0.39 is 0 Å². The van der Waals surface area contributed by atoms with Crippen molar-refractivity contribution in [3.8, 4) is 0 Å². The maximum absolute atomic E-state index is 11.1. The summed E-state index contributed by atoms with van der Waals surface area (Å²) in [5.74, 6) is 0.925. The molecule has 0 amide bonds. The largest absolute Gasteiger partial charge is 0.295 e. The van der Waals surface area contributed by atoms with Crippen LogP contribution in [-0.4, -0.2) is 5.78 Å². The molecule has 1 fully saturated rings. The molecule has 2 aliphatic rings. The van der Waals surface area contributed by atoms with E-state index in [4.69, 9.17) is 0 Å². The van der Waals surface area contributed by atoms with Gasteiger partial charge in [-0.2, -0.15) is 0 Å². The smallest absolute Gasteiger partial charge is 0.155 e. The Bertz CT molecular complexity index is 287. The van der Waals surface area contributed by atoms with E-state index in [1.807, 2.05) is 0 Å². The summed E-state index contributed by atoms with van der Waals surface area (Å²) in [4.78, 5) is 11.1. The number of allylic oxidation sites excluding steroid dienone is 3. The van der Waals surface area contributed by atoms with E-state index >= 15 is 0 Å². The summed E-state index contributed by atoms with van der Waals surface area (Å²) in [6.45, 7) is 6.32. The summed E-state index contributed by atoms with van der Waals surface area (Å²) < 4.78 is 0. The summed E-state index contributed by atoms with van der Waals surface area (Å²) in [6, 6.07) is 0. The van der Waals surface area contributed by atoms with Gasteiger partial charge in [0, 0.05) is 6.42 Å². The van der Waals surface area contributed by atoms with Gasteiger partial charge in [0.05, 0.1) is 0 Å². The van der Waals surface area contributed by atoms with E-state index in [1.165, 1.54) is 12.0 Å². The first-order valence-electron chi connectivity index (χ1n) is 5.01. The van der Waals surface area contributed by atoms with Gasteiger partial charge in [0.25, 0.3) is 0 Å². The van der Waals surface area contributed by atoms with Crippen LogP contribution in [-0.2, 0) is 4.79 Å². The van der Waals surface area contributed by atoms with Crippen LogP contribution in [0, 0.1) is 11.3 Å². The highest BCUT2D eigenvalue weighted by atomic mass is 16.1. The van der Waals surface area contributed by atoms with E-state index in [-0.39, 0.29) is 5.78 Å². The molecule has 1 heteroatoms. The number of rotatable bonds is 0. The molecule has 0 saturated heterocycles. The van der Waals surface area contributed by atoms with Crippen LogP contribution in [0.5, 0.6) is 0 Å². The van der Waals surface area contributed by atoms with Crippen molar-refractivity contribution < 1.29 is 4.79 Å². The van der Waals surface area contributed by atoms with E-state index in [9.17, 15) is 4.79 Å². The van der Waals surface area contributed by atoms with Crippen LogP contribution in [0.2, 0.25) is 0 Å². The molecule has 0 radical (unpaired) electrons. The lowest BCUT2D eigenvalue weighted by Crippen LogP contribution is -2.19. The van der Waals surface area contributed by atoms with Crippen LogP contribution in [0.15, 0.2) is 24.3 Å². The molecule has 0 bridgehead atoms. The molecule has 0 aromatic heterocycles. The molecule has 1 spiro atoms. The molecule has 1 saturated carbocycles. The molecule has 1 nitrogen and oxygen atoms in total. The quantitative estimate of drug-likeness (QED) is 0.519. The fourth-order valence-corrected chi connectivity index (χ4v) is 2.58. The second kappa shape index (κ2) is 2.83. The maximum atomic E-state index is 11.1. The number of hydrogen-bond donors (Lipinski definition) is 0. The molecule has 0 N–H and O–H groups in total. The molecule has 2 rings (SSSR count). The highest BCUT2D eigenvalue weighted by molar-refractivity contribution is 5.90. The maximum Gasteiger partial charge on any atom is 0.155 e. The van der Waals surface area contributed by atoms with Crippen LogP contribution in [0.4, 0.5) is 0 Å². The zero-order valence-electron chi connectivity index (χ0n) is 8.18. The summed E-state index contributed by atoms with van der Waals surface area (Å²) in [5, 5.41) is 0. The summed E-state index contributed by atoms with van der Waals surface area (Å²) in [7, 11) is 0. The normalized spacial score (nSPS) is 39.0. The summed E-state index contributed by atoms with van der Waals surface area (Å²) in [5.41, 5.74) is 1.66. The van der Waals surface area contributed by atoms with Crippen molar-refractivity contribution in [3.05, 3.63) is 24.3 Å². The molecule has 0 aromatic rings. The third-order valence-corrected chi connectivity index (χ3v) is 3.48. The Morgan fingerprint density at radius 1 is 1.62 bits per heavy atom. The van der Waals surface area contributed by atoms with Crippen molar-refractivity contribution in [2.45, 2.75) is 32.6 Å². The lowest BCUT2D eigenvalue weighted by Gasteiger charge is -2.27. The molecular formula is C12H16O. The number of carbonyl (C=O) groups is 1. The molecule has 13 heavy (non-hydrogen) atoms. The predicted octanol–water partition coefficient (Wildman–Crippen LogP) is 2.88. The zero-order chi connectivity index (χ0) is 9.47. The van der Waals surface area contributed by atoms with Gasteiger partial charge in [0.15, 0.2) is 5.78 Å². The fourth-order valence-electron chi connectivity index (χ4n) is 2.58. The summed E-state index contributed by atoms with van der Waals surface area (Å²) in [6.07, 6.45) is 7.96. The first-order chi connectivity index (χ1) is 6.11. The van der Waals surface area contributed by atoms with Crippen molar-refractivity contribution in [2.75, 3.05) is 0 Å². The van der Waals surface area contributed by atoms with Gasteiger partial charge in [0.2, 0.25) is 0 Å². The second-order valence-corrected chi connectivity index (χ2v) is 4.60. The SMILES string of the molecule is C=C1C[C@]2(C=CC(=O)CC2)C[C@H]1C. The fraction of sp³-hybridized carbons (Fsp3) is 0.583. The third kappa shape index (κ3) is 1.48. The van der Waals surface area contributed by atoms with Crippen LogP contribution in [0.1, 0.15) is 32.6 Å². The zero-order valence-corrected chi connectivity index (χ0v) is 8.18. The average molecular weight is 176 g/mol. The van der Waals surface area contributed by atoms with Gasteiger partial charge < -0.3 is 0 Å². The average Bonchev–Trinajstić information content (AvgIpc) is 2.36. The van der Waals surface area contributed by atoms with E-state index in [1.54, 1.807) is 6.08 Å². The minimum Gasteiger partial charge on any atom is -0.295 e. The Kier molecular flexibility index (Phi) is 1.90. The molecule has 0 heterocycles. The predicted molar refractivity (Wildman–Crippen MR) is 53.4 cm³/mol. The van der Waals surface area contributed by atoms with Gasteiger partial charge >= 0.3 is 0 Å². The Balaban J connectivity index is 2.20. The number of ketones is 1. The highest BCUT2D eigenvalue weighted by Gasteiger charge is 2.38. The minimum atomic E-state index is 0.288.